The van der Waals surface area contributed by atoms with Gasteiger partial charge in [-0.05, 0) is 59.7 Å². The van der Waals surface area contributed by atoms with Crippen molar-refractivity contribution in [1.82, 2.24) is 10.3 Å². The van der Waals surface area contributed by atoms with E-state index in [1.807, 2.05) is 26.0 Å². The molecule has 0 aliphatic heterocycles. The standard InChI is InChI=1S/C31H32N4O7/c1-4-42-31(39)28(21-6-5-7-24(15-21)35(40)41)34-30(38)27(22-9-11-25(18(2)14-22)19(3)17-36)33-23-10-8-20-12-13-32-29(37)26(20)16-23/h5-16,19,27-28,33,36H,4,17H2,1-3H3,(H,32,37)(H,34,38)/t19-,27?,28-/m0/s1. The van der Waals surface area contributed by atoms with Gasteiger partial charge in [0.2, 0.25) is 5.91 Å². The number of carbonyl (C=O) groups is 2. The Morgan fingerprint density at radius 3 is 2.50 bits per heavy atom. The SMILES string of the molecule is CCOC(=O)[C@@H](NC(=O)C(Nc1ccc2cc[nH]c(=O)c2c1)c1ccc([C@@H](C)CO)c(C)c1)c1cccc([N+](=O)[O-])c1. The number of nitro benzene ring substituents is 1. The van der Waals surface area contributed by atoms with Crippen molar-refractivity contribution < 1.29 is 24.4 Å². The van der Waals surface area contributed by atoms with Gasteiger partial charge in [-0.3, -0.25) is 19.7 Å². The molecule has 3 atom stereocenters. The number of ether oxygens (including phenoxy) is 1. The van der Waals surface area contributed by atoms with Gasteiger partial charge in [-0.2, -0.15) is 0 Å². The molecule has 0 saturated heterocycles. The highest BCUT2D eigenvalue weighted by Gasteiger charge is 2.30. The Labute approximate surface area is 241 Å². The van der Waals surface area contributed by atoms with Gasteiger partial charge < -0.3 is 25.5 Å². The van der Waals surface area contributed by atoms with E-state index in [1.54, 1.807) is 43.5 Å². The summed E-state index contributed by atoms with van der Waals surface area (Å²) in [5.41, 5.74) is 2.47. The molecule has 1 unspecified atom stereocenters. The minimum absolute atomic E-state index is 0.0388. The highest BCUT2D eigenvalue weighted by atomic mass is 16.6. The molecule has 0 aliphatic rings. The van der Waals surface area contributed by atoms with Crippen molar-refractivity contribution in [2.45, 2.75) is 38.8 Å². The van der Waals surface area contributed by atoms with Gasteiger partial charge in [0, 0.05) is 41.9 Å². The van der Waals surface area contributed by atoms with Gasteiger partial charge >= 0.3 is 5.97 Å². The van der Waals surface area contributed by atoms with Gasteiger partial charge in [-0.15, -0.1) is 0 Å². The normalized spacial score (nSPS) is 13.1. The van der Waals surface area contributed by atoms with Crippen LogP contribution in [0.25, 0.3) is 10.8 Å². The van der Waals surface area contributed by atoms with Crippen LogP contribution in [0.4, 0.5) is 11.4 Å². The van der Waals surface area contributed by atoms with Gasteiger partial charge in [-0.25, -0.2) is 4.79 Å². The van der Waals surface area contributed by atoms with E-state index in [0.717, 1.165) is 16.5 Å². The summed E-state index contributed by atoms with van der Waals surface area (Å²) in [5.74, 6) is -1.50. The van der Waals surface area contributed by atoms with Crippen molar-refractivity contribution in [1.29, 1.82) is 0 Å². The Morgan fingerprint density at radius 1 is 1.05 bits per heavy atom. The fourth-order valence-electron chi connectivity index (χ4n) is 4.82. The lowest BCUT2D eigenvalue weighted by molar-refractivity contribution is -0.384. The van der Waals surface area contributed by atoms with E-state index in [1.165, 1.54) is 24.3 Å². The maximum absolute atomic E-state index is 14.0. The molecular weight excluding hydrogens is 540 g/mol. The van der Waals surface area contributed by atoms with E-state index in [-0.39, 0.29) is 35.9 Å². The third-order valence-electron chi connectivity index (χ3n) is 7.00. The average Bonchev–Trinajstić information content (AvgIpc) is 2.98. The van der Waals surface area contributed by atoms with Crippen molar-refractivity contribution >= 4 is 34.0 Å². The first-order valence-corrected chi connectivity index (χ1v) is 13.4. The summed E-state index contributed by atoms with van der Waals surface area (Å²) in [5, 5.41) is 28.1. The van der Waals surface area contributed by atoms with Gasteiger partial charge in [0.05, 0.1) is 11.5 Å². The number of H-pyrrole nitrogens is 1. The molecule has 4 aromatic rings. The second kappa shape index (κ2) is 13.1. The first-order chi connectivity index (χ1) is 20.1. The number of rotatable bonds is 11. The molecule has 1 amide bonds. The van der Waals surface area contributed by atoms with E-state index in [2.05, 4.69) is 15.6 Å². The Hall–Kier alpha value is -5.03. The number of nitrogens with zero attached hydrogens (tertiary/aromatic N) is 1. The number of hydrogen-bond acceptors (Lipinski definition) is 8. The van der Waals surface area contributed by atoms with Crippen LogP contribution < -0.4 is 16.2 Å². The van der Waals surface area contributed by atoms with Crippen molar-refractivity contribution in [3.63, 3.8) is 0 Å². The number of aliphatic hydroxyl groups is 1. The molecule has 1 heterocycles. The molecule has 4 N–H and O–H groups in total. The number of nitrogens with one attached hydrogen (secondary N) is 3. The number of anilines is 1. The van der Waals surface area contributed by atoms with E-state index in [4.69, 9.17) is 4.74 Å². The summed E-state index contributed by atoms with van der Waals surface area (Å²) >= 11 is 0. The van der Waals surface area contributed by atoms with Crippen LogP contribution in [0.15, 0.2) is 77.7 Å². The molecule has 0 bridgehead atoms. The molecular formula is C31H32N4O7. The largest absolute Gasteiger partial charge is 0.464 e. The molecule has 0 aliphatic carbocycles. The van der Waals surface area contributed by atoms with Gasteiger partial charge in [0.25, 0.3) is 11.2 Å². The van der Waals surface area contributed by atoms with E-state index >= 15 is 0 Å². The molecule has 218 valence electrons. The summed E-state index contributed by atoms with van der Waals surface area (Å²) in [7, 11) is 0. The minimum atomic E-state index is -1.32. The smallest absolute Gasteiger partial charge is 0.333 e. The van der Waals surface area contributed by atoms with Crippen LogP contribution in [0.3, 0.4) is 0 Å². The predicted octanol–water partition coefficient (Wildman–Crippen LogP) is 4.41. The molecule has 1 aromatic heterocycles. The van der Waals surface area contributed by atoms with Crippen LogP contribution in [-0.2, 0) is 14.3 Å². The second-order valence-corrected chi connectivity index (χ2v) is 9.93. The molecule has 0 fully saturated rings. The van der Waals surface area contributed by atoms with E-state index in [0.29, 0.717) is 16.6 Å². The number of esters is 1. The number of fused-ring (bicyclic) bond motifs is 1. The number of pyridine rings is 1. The monoisotopic (exact) mass is 572 g/mol. The average molecular weight is 573 g/mol. The first kappa shape index (κ1) is 29.9. The number of aliphatic hydroxyl groups excluding tert-OH is 1. The zero-order valence-electron chi connectivity index (χ0n) is 23.4. The highest BCUT2D eigenvalue weighted by molar-refractivity contribution is 5.92. The Kier molecular flexibility index (Phi) is 9.33. The van der Waals surface area contributed by atoms with Gasteiger partial charge in [0.15, 0.2) is 6.04 Å². The van der Waals surface area contributed by atoms with Crippen molar-refractivity contribution in [3.05, 3.63) is 116 Å². The lowest BCUT2D eigenvalue weighted by Gasteiger charge is -2.25. The van der Waals surface area contributed by atoms with Crippen LogP contribution in [0.1, 0.15) is 54.1 Å². The van der Waals surface area contributed by atoms with Crippen molar-refractivity contribution in [2.75, 3.05) is 18.5 Å². The number of aromatic amines is 1. The molecule has 11 heteroatoms. The maximum atomic E-state index is 14.0. The zero-order valence-corrected chi connectivity index (χ0v) is 23.4. The Balaban J connectivity index is 1.76. The molecule has 0 saturated carbocycles. The van der Waals surface area contributed by atoms with Crippen LogP contribution >= 0.6 is 0 Å². The predicted molar refractivity (Wildman–Crippen MR) is 158 cm³/mol. The first-order valence-electron chi connectivity index (χ1n) is 13.4. The molecule has 0 radical (unpaired) electrons. The number of benzene rings is 3. The summed E-state index contributed by atoms with van der Waals surface area (Å²) in [4.78, 5) is 52.8. The van der Waals surface area contributed by atoms with Gasteiger partial charge in [-0.1, -0.05) is 43.3 Å². The minimum Gasteiger partial charge on any atom is -0.464 e. The Bertz CT molecular complexity index is 1680. The number of hydrogen-bond donors (Lipinski definition) is 4. The zero-order chi connectivity index (χ0) is 30.4. The Morgan fingerprint density at radius 2 is 1.81 bits per heavy atom. The molecule has 0 spiro atoms. The molecule has 3 aromatic carbocycles. The fourth-order valence-corrected chi connectivity index (χ4v) is 4.82. The lowest BCUT2D eigenvalue weighted by Crippen LogP contribution is -2.40. The van der Waals surface area contributed by atoms with Gasteiger partial charge in [0.1, 0.15) is 6.04 Å². The number of non-ortho nitro benzene ring substituents is 1. The third-order valence-corrected chi connectivity index (χ3v) is 7.00. The maximum Gasteiger partial charge on any atom is 0.333 e. The summed E-state index contributed by atoms with van der Waals surface area (Å²) in [6.45, 7) is 5.38. The number of aryl methyl sites for hydroxylation is 1. The lowest BCUT2D eigenvalue weighted by atomic mass is 9.93. The van der Waals surface area contributed by atoms with E-state index in [9.17, 15) is 29.6 Å². The van der Waals surface area contributed by atoms with Crippen molar-refractivity contribution in [2.24, 2.45) is 0 Å². The second-order valence-electron chi connectivity index (χ2n) is 9.93. The summed E-state index contributed by atoms with van der Waals surface area (Å²) < 4.78 is 5.19. The molecule has 4 rings (SSSR count). The van der Waals surface area contributed by atoms with Crippen LogP contribution in [0, 0.1) is 17.0 Å². The topological polar surface area (TPSA) is 164 Å². The van der Waals surface area contributed by atoms with Crippen LogP contribution in [0.2, 0.25) is 0 Å². The van der Waals surface area contributed by atoms with E-state index < -0.39 is 28.9 Å². The third kappa shape index (κ3) is 6.64. The summed E-state index contributed by atoms with van der Waals surface area (Å²) in [6.07, 6.45) is 1.55. The highest BCUT2D eigenvalue weighted by Crippen LogP contribution is 2.28. The van der Waals surface area contributed by atoms with Crippen LogP contribution in [0.5, 0.6) is 0 Å². The summed E-state index contributed by atoms with van der Waals surface area (Å²) in [6, 6.07) is 15.4. The number of carbonyl (C=O) groups excluding carboxylic acids is 2. The fraction of sp³-hybridized carbons (Fsp3) is 0.258. The molecule has 11 nitrogen and oxygen atoms in total. The number of amides is 1. The quantitative estimate of drug-likeness (QED) is 0.117. The number of aromatic nitrogens is 1. The van der Waals surface area contributed by atoms with Crippen molar-refractivity contribution in [3.8, 4) is 0 Å². The number of nitro groups is 1. The van der Waals surface area contributed by atoms with Crippen LogP contribution in [-0.4, -0.2) is 40.1 Å². The molecule has 42 heavy (non-hydrogen) atoms.